The minimum absolute atomic E-state index is 0.0178. The summed E-state index contributed by atoms with van der Waals surface area (Å²) in [5.41, 5.74) is 2.63. The molecule has 1 aromatic carbocycles. The van der Waals surface area contributed by atoms with Crippen LogP contribution >= 0.6 is 11.8 Å². The summed E-state index contributed by atoms with van der Waals surface area (Å²) in [6.45, 7) is 2.13. The number of ketones is 1. The summed E-state index contributed by atoms with van der Waals surface area (Å²) in [6, 6.07) is 7.84. The number of fused-ring (bicyclic) bond motifs is 1. The number of thioether (sulfide) groups is 1. The molecule has 1 fully saturated rings. The summed E-state index contributed by atoms with van der Waals surface area (Å²) in [4.78, 5) is 24.9. The Morgan fingerprint density at radius 3 is 2.86 bits per heavy atom. The molecule has 0 amide bonds. The first-order valence-electron chi connectivity index (χ1n) is 7.83. The highest BCUT2D eigenvalue weighted by atomic mass is 32.2. The van der Waals surface area contributed by atoms with Crippen molar-refractivity contribution in [2.24, 2.45) is 5.92 Å². The van der Waals surface area contributed by atoms with Crippen LogP contribution in [-0.2, 0) is 27.2 Å². The first-order valence-corrected chi connectivity index (χ1v) is 8.87. The molecule has 2 aliphatic rings. The van der Waals surface area contributed by atoms with Crippen molar-refractivity contribution in [3.05, 3.63) is 35.4 Å². The smallest absolute Gasteiger partial charge is 0.324 e. The standard InChI is InChI=1S/C17H21NO3S/c1-2-21-17(20)14-16(22-10-18-14)15(19)13-8-7-11-5-3-4-6-12(11)9-13/h3-6,13-14,16,18H,2,7-10H2,1H3/t13?,14-,16?/m0/s1. The van der Waals surface area contributed by atoms with Crippen LogP contribution in [0.15, 0.2) is 24.3 Å². The minimum atomic E-state index is -0.491. The zero-order chi connectivity index (χ0) is 15.5. The van der Waals surface area contributed by atoms with Crippen LogP contribution in [0.4, 0.5) is 0 Å². The number of Topliss-reactive ketones (excluding diaryl/α,β-unsaturated/α-hetero) is 1. The maximum Gasteiger partial charge on any atom is 0.324 e. The maximum atomic E-state index is 12.9. The van der Waals surface area contributed by atoms with E-state index in [1.807, 2.05) is 6.07 Å². The summed E-state index contributed by atoms with van der Waals surface area (Å²) < 4.78 is 5.08. The monoisotopic (exact) mass is 319 g/mol. The molecule has 0 spiro atoms. The van der Waals surface area contributed by atoms with Crippen LogP contribution in [0.1, 0.15) is 24.5 Å². The third-order valence-electron chi connectivity index (χ3n) is 4.44. The van der Waals surface area contributed by atoms with Gasteiger partial charge in [0.05, 0.1) is 11.9 Å². The Morgan fingerprint density at radius 1 is 1.32 bits per heavy atom. The van der Waals surface area contributed by atoms with Crippen molar-refractivity contribution in [2.75, 3.05) is 12.5 Å². The fraction of sp³-hybridized carbons (Fsp3) is 0.529. The topological polar surface area (TPSA) is 55.4 Å². The van der Waals surface area contributed by atoms with E-state index in [0.29, 0.717) is 12.5 Å². The van der Waals surface area contributed by atoms with E-state index in [1.165, 1.54) is 22.9 Å². The second-order valence-corrected chi connectivity index (χ2v) is 6.91. The molecule has 1 heterocycles. The zero-order valence-electron chi connectivity index (χ0n) is 12.7. The molecule has 22 heavy (non-hydrogen) atoms. The fourth-order valence-electron chi connectivity index (χ4n) is 3.29. The predicted molar refractivity (Wildman–Crippen MR) is 86.8 cm³/mol. The Morgan fingerprint density at radius 2 is 2.09 bits per heavy atom. The number of carbonyl (C=O) groups is 2. The van der Waals surface area contributed by atoms with Gasteiger partial charge in [-0.15, -0.1) is 11.8 Å². The Labute approximate surface area is 135 Å². The molecular weight excluding hydrogens is 298 g/mol. The van der Waals surface area contributed by atoms with Gasteiger partial charge in [0.15, 0.2) is 5.78 Å². The highest BCUT2D eigenvalue weighted by molar-refractivity contribution is 8.00. The molecule has 4 nitrogen and oxygen atoms in total. The number of benzene rings is 1. The van der Waals surface area contributed by atoms with Crippen LogP contribution in [0.3, 0.4) is 0 Å². The average molecular weight is 319 g/mol. The Hall–Kier alpha value is -1.33. The van der Waals surface area contributed by atoms with Crippen LogP contribution in [-0.4, -0.2) is 35.5 Å². The highest BCUT2D eigenvalue weighted by Crippen LogP contribution is 2.32. The first kappa shape index (κ1) is 15.6. The second-order valence-electron chi connectivity index (χ2n) is 5.78. The molecule has 1 saturated heterocycles. The number of hydrogen-bond acceptors (Lipinski definition) is 5. The van der Waals surface area contributed by atoms with Gasteiger partial charge in [-0.05, 0) is 37.3 Å². The Bertz CT molecular complexity index is 575. The molecular formula is C17H21NO3S. The SMILES string of the molecule is CCOC(=O)[C@H]1NCSC1C(=O)C1CCc2ccccc2C1. The number of aryl methyl sites for hydroxylation is 1. The van der Waals surface area contributed by atoms with Crippen molar-refractivity contribution in [1.29, 1.82) is 0 Å². The predicted octanol–water partition coefficient (Wildman–Crippen LogP) is 1.95. The van der Waals surface area contributed by atoms with E-state index >= 15 is 0 Å². The molecule has 3 atom stereocenters. The van der Waals surface area contributed by atoms with E-state index in [0.717, 1.165) is 19.3 Å². The van der Waals surface area contributed by atoms with Gasteiger partial charge in [0.2, 0.25) is 0 Å². The van der Waals surface area contributed by atoms with Crippen LogP contribution in [0.5, 0.6) is 0 Å². The Balaban J connectivity index is 1.70. The molecule has 0 radical (unpaired) electrons. The molecule has 1 aliphatic carbocycles. The van der Waals surface area contributed by atoms with Crippen molar-refractivity contribution in [3.63, 3.8) is 0 Å². The Kier molecular flexibility index (Phi) is 4.84. The van der Waals surface area contributed by atoms with Gasteiger partial charge < -0.3 is 4.74 Å². The van der Waals surface area contributed by atoms with E-state index in [-0.39, 0.29) is 22.9 Å². The van der Waals surface area contributed by atoms with Crippen LogP contribution in [0.2, 0.25) is 0 Å². The summed E-state index contributed by atoms with van der Waals surface area (Å²) >= 11 is 1.53. The largest absolute Gasteiger partial charge is 0.465 e. The summed E-state index contributed by atoms with van der Waals surface area (Å²) in [5, 5.41) is 2.79. The van der Waals surface area contributed by atoms with E-state index in [9.17, 15) is 9.59 Å². The summed E-state index contributed by atoms with van der Waals surface area (Å²) in [5.74, 6) is 0.539. The van der Waals surface area contributed by atoms with E-state index < -0.39 is 6.04 Å². The van der Waals surface area contributed by atoms with Crippen molar-refractivity contribution in [3.8, 4) is 0 Å². The van der Waals surface area contributed by atoms with Gasteiger partial charge in [-0.3, -0.25) is 14.9 Å². The van der Waals surface area contributed by atoms with Gasteiger partial charge in [0, 0.05) is 11.8 Å². The lowest BCUT2D eigenvalue weighted by Gasteiger charge is -2.26. The molecule has 2 unspecified atom stereocenters. The number of esters is 1. The van der Waals surface area contributed by atoms with E-state index in [1.54, 1.807) is 6.92 Å². The van der Waals surface area contributed by atoms with Gasteiger partial charge in [0.25, 0.3) is 0 Å². The number of hydrogen-bond donors (Lipinski definition) is 1. The summed E-state index contributed by atoms with van der Waals surface area (Å²) in [6.07, 6.45) is 2.62. The van der Waals surface area contributed by atoms with Crippen molar-refractivity contribution in [2.45, 2.75) is 37.5 Å². The minimum Gasteiger partial charge on any atom is -0.465 e. The molecule has 3 rings (SSSR count). The lowest BCUT2D eigenvalue weighted by atomic mass is 9.80. The van der Waals surface area contributed by atoms with Crippen molar-refractivity contribution >= 4 is 23.5 Å². The van der Waals surface area contributed by atoms with Gasteiger partial charge in [-0.2, -0.15) is 0 Å². The van der Waals surface area contributed by atoms with Crippen LogP contribution in [0, 0.1) is 5.92 Å². The maximum absolute atomic E-state index is 12.9. The summed E-state index contributed by atoms with van der Waals surface area (Å²) in [7, 11) is 0. The molecule has 0 aromatic heterocycles. The van der Waals surface area contributed by atoms with Gasteiger partial charge in [-0.25, -0.2) is 0 Å². The van der Waals surface area contributed by atoms with Gasteiger partial charge in [0.1, 0.15) is 6.04 Å². The third-order valence-corrected chi connectivity index (χ3v) is 5.64. The second kappa shape index (κ2) is 6.84. The van der Waals surface area contributed by atoms with Crippen molar-refractivity contribution in [1.82, 2.24) is 5.32 Å². The average Bonchev–Trinajstić information content (AvgIpc) is 3.03. The molecule has 1 aliphatic heterocycles. The molecule has 0 bridgehead atoms. The van der Waals surface area contributed by atoms with E-state index in [4.69, 9.17) is 4.74 Å². The van der Waals surface area contributed by atoms with Crippen molar-refractivity contribution < 1.29 is 14.3 Å². The zero-order valence-corrected chi connectivity index (χ0v) is 13.5. The third kappa shape index (κ3) is 3.06. The van der Waals surface area contributed by atoms with Gasteiger partial charge >= 0.3 is 5.97 Å². The van der Waals surface area contributed by atoms with Crippen LogP contribution < -0.4 is 5.32 Å². The highest BCUT2D eigenvalue weighted by Gasteiger charge is 2.42. The molecule has 5 heteroatoms. The lowest BCUT2D eigenvalue weighted by Crippen LogP contribution is -2.45. The number of ether oxygens (including phenoxy) is 1. The quantitative estimate of drug-likeness (QED) is 0.860. The van der Waals surface area contributed by atoms with Gasteiger partial charge in [-0.1, -0.05) is 24.3 Å². The lowest BCUT2D eigenvalue weighted by molar-refractivity contribution is -0.146. The number of rotatable bonds is 4. The number of carbonyl (C=O) groups excluding carboxylic acids is 2. The fourth-order valence-corrected chi connectivity index (χ4v) is 4.50. The number of nitrogens with one attached hydrogen (secondary N) is 1. The molecule has 0 saturated carbocycles. The van der Waals surface area contributed by atoms with Crippen LogP contribution in [0.25, 0.3) is 0 Å². The first-order chi connectivity index (χ1) is 10.7. The molecule has 1 aromatic rings. The molecule has 118 valence electrons. The molecule has 1 N–H and O–H groups in total. The normalized spacial score (nSPS) is 27.2. The van der Waals surface area contributed by atoms with E-state index in [2.05, 4.69) is 23.5 Å².